The lowest BCUT2D eigenvalue weighted by molar-refractivity contribution is 0.262. The van der Waals surface area contributed by atoms with E-state index < -0.39 is 6.03 Å². The summed E-state index contributed by atoms with van der Waals surface area (Å²) < 4.78 is 0. The number of hydrogen-bond acceptors (Lipinski definition) is 3. The van der Waals surface area contributed by atoms with Crippen LogP contribution in [0.4, 0.5) is 15.5 Å². The van der Waals surface area contributed by atoms with E-state index in [1.165, 1.54) is 11.3 Å². The van der Waals surface area contributed by atoms with E-state index in [0.29, 0.717) is 21.3 Å². The van der Waals surface area contributed by atoms with E-state index in [0.717, 1.165) is 10.4 Å². The number of benzene rings is 1. The molecule has 102 valence electrons. The highest BCUT2D eigenvalue weighted by molar-refractivity contribution is 7.16. The van der Waals surface area contributed by atoms with Crippen molar-refractivity contribution in [3.63, 3.8) is 0 Å². The molecule has 1 aromatic carbocycles. The summed E-state index contributed by atoms with van der Waals surface area (Å²) in [6, 6.07) is 8.65. The number of anilines is 2. The Morgan fingerprint density at radius 1 is 1.30 bits per heavy atom. The third-order valence-corrected chi connectivity index (χ3v) is 4.30. The second-order valence-electron chi connectivity index (χ2n) is 4.16. The topological polar surface area (TPSA) is 64.9 Å². The number of amides is 2. The smallest absolute Gasteiger partial charge is 0.306 e. The van der Waals surface area contributed by atoms with Crippen molar-refractivity contribution in [3.05, 3.63) is 45.3 Å². The van der Waals surface area contributed by atoms with Crippen LogP contribution < -0.4 is 10.6 Å². The van der Waals surface area contributed by atoms with Crippen molar-refractivity contribution in [1.29, 1.82) is 5.26 Å². The van der Waals surface area contributed by atoms with Crippen molar-refractivity contribution in [2.45, 2.75) is 13.8 Å². The first-order chi connectivity index (χ1) is 9.52. The van der Waals surface area contributed by atoms with Crippen LogP contribution in [0.2, 0.25) is 5.02 Å². The molecule has 2 aromatic rings. The molecular weight excluding hydrogens is 294 g/mol. The summed E-state index contributed by atoms with van der Waals surface area (Å²) in [5.74, 6) is 0. The molecule has 0 bridgehead atoms. The molecule has 6 heteroatoms. The third kappa shape index (κ3) is 2.93. The van der Waals surface area contributed by atoms with Crippen LogP contribution in [0, 0.1) is 25.2 Å². The number of carbonyl (C=O) groups excluding carboxylic acids is 1. The molecule has 2 amide bonds. The first-order valence-corrected chi connectivity index (χ1v) is 7.05. The van der Waals surface area contributed by atoms with Gasteiger partial charge in [0.05, 0.1) is 16.3 Å². The van der Waals surface area contributed by atoms with Crippen molar-refractivity contribution < 1.29 is 4.79 Å². The zero-order valence-electron chi connectivity index (χ0n) is 11.0. The Kier molecular flexibility index (Phi) is 4.28. The second kappa shape index (κ2) is 5.95. The van der Waals surface area contributed by atoms with Crippen molar-refractivity contribution in [1.82, 2.24) is 0 Å². The molecule has 0 saturated carbocycles. The number of nitrogens with one attached hydrogen (secondary N) is 2. The molecule has 0 aliphatic rings. The monoisotopic (exact) mass is 305 g/mol. The third-order valence-electron chi connectivity index (χ3n) is 2.85. The minimum atomic E-state index is -0.421. The molecule has 0 atom stereocenters. The molecule has 2 N–H and O–H groups in total. The van der Waals surface area contributed by atoms with Crippen LogP contribution in [-0.2, 0) is 0 Å². The van der Waals surface area contributed by atoms with Crippen molar-refractivity contribution in [3.8, 4) is 6.07 Å². The van der Waals surface area contributed by atoms with Crippen LogP contribution in [0.25, 0.3) is 0 Å². The Bertz CT molecular complexity index is 703. The van der Waals surface area contributed by atoms with Gasteiger partial charge >= 0.3 is 6.03 Å². The first-order valence-electron chi connectivity index (χ1n) is 5.85. The Balaban J connectivity index is 2.16. The molecule has 0 radical (unpaired) electrons. The van der Waals surface area contributed by atoms with E-state index in [1.807, 2.05) is 13.8 Å². The molecule has 0 spiro atoms. The number of carbonyl (C=O) groups is 1. The van der Waals surface area contributed by atoms with E-state index in [9.17, 15) is 4.79 Å². The van der Waals surface area contributed by atoms with Gasteiger partial charge in [-0.1, -0.05) is 23.7 Å². The van der Waals surface area contributed by atoms with Gasteiger partial charge in [-0.2, -0.15) is 5.26 Å². The number of thiophene rings is 1. The number of aryl methyl sites for hydroxylation is 1. The van der Waals surface area contributed by atoms with E-state index in [4.69, 9.17) is 16.9 Å². The molecular formula is C14H12ClN3OS. The molecule has 20 heavy (non-hydrogen) atoms. The summed E-state index contributed by atoms with van der Waals surface area (Å²) in [5, 5.41) is 15.5. The van der Waals surface area contributed by atoms with E-state index >= 15 is 0 Å². The van der Waals surface area contributed by atoms with Gasteiger partial charge < -0.3 is 5.32 Å². The van der Waals surface area contributed by atoms with Crippen LogP contribution in [0.5, 0.6) is 0 Å². The van der Waals surface area contributed by atoms with Crippen molar-refractivity contribution in [2.24, 2.45) is 0 Å². The van der Waals surface area contributed by atoms with Gasteiger partial charge in [0.15, 0.2) is 0 Å². The normalized spacial score (nSPS) is 9.90. The summed E-state index contributed by atoms with van der Waals surface area (Å²) in [6.07, 6.45) is 0. The number of nitriles is 1. The minimum Gasteiger partial charge on any atom is -0.306 e. The van der Waals surface area contributed by atoms with Gasteiger partial charge in [0.1, 0.15) is 11.1 Å². The zero-order valence-corrected chi connectivity index (χ0v) is 12.5. The molecule has 4 nitrogen and oxygen atoms in total. The number of nitrogens with zero attached hydrogens (tertiary/aromatic N) is 1. The maximum absolute atomic E-state index is 11.9. The Labute approximate surface area is 126 Å². The maximum Gasteiger partial charge on any atom is 0.324 e. The number of halogens is 1. The molecule has 0 unspecified atom stereocenters. The average Bonchev–Trinajstić information content (AvgIpc) is 2.67. The van der Waals surface area contributed by atoms with Crippen LogP contribution in [0.3, 0.4) is 0 Å². The quantitative estimate of drug-likeness (QED) is 0.855. The van der Waals surface area contributed by atoms with Crippen molar-refractivity contribution >= 4 is 39.7 Å². The molecule has 1 heterocycles. The number of urea groups is 1. The standard InChI is InChI=1S/C14H12ClN3OS/c1-8-9(2)20-13(10(8)7-16)18-14(19)17-12-6-4-3-5-11(12)15/h3-6H,1-2H3,(H2,17,18,19). The summed E-state index contributed by atoms with van der Waals surface area (Å²) in [7, 11) is 0. The second-order valence-corrected chi connectivity index (χ2v) is 5.79. The predicted octanol–water partition coefficient (Wildman–Crippen LogP) is 4.53. The molecule has 2 rings (SSSR count). The zero-order chi connectivity index (χ0) is 14.7. The van der Waals surface area contributed by atoms with Gasteiger partial charge in [-0.05, 0) is 31.5 Å². The van der Waals surface area contributed by atoms with Crippen LogP contribution in [0.1, 0.15) is 16.0 Å². The fourth-order valence-electron chi connectivity index (χ4n) is 1.67. The first kappa shape index (κ1) is 14.4. The van der Waals surface area contributed by atoms with Gasteiger partial charge in [-0.15, -0.1) is 11.3 Å². The lowest BCUT2D eigenvalue weighted by Gasteiger charge is -2.07. The Hall–Kier alpha value is -2.03. The number of hydrogen-bond donors (Lipinski definition) is 2. The Morgan fingerprint density at radius 2 is 2.00 bits per heavy atom. The average molecular weight is 306 g/mol. The van der Waals surface area contributed by atoms with Crippen LogP contribution in [-0.4, -0.2) is 6.03 Å². The molecule has 1 aromatic heterocycles. The van der Waals surface area contributed by atoms with E-state index in [1.54, 1.807) is 24.3 Å². The highest BCUT2D eigenvalue weighted by Crippen LogP contribution is 2.31. The number of rotatable bonds is 2. The molecule has 0 aliphatic carbocycles. The molecule has 0 fully saturated rings. The van der Waals surface area contributed by atoms with Crippen molar-refractivity contribution in [2.75, 3.05) is 10.6 Å². The van der Waals surface area contributed by atoms with E-state index in [-0.39, 0.29) is 0 Å². The van der Waals surface area contributed by atoms with Gasteiger partial charge in [0.2, 0.25) is 0 Å². The largest absolute Gasteiger partial charge is 0.324 e. The van der Waals surface area contributed by atoms with Gasteiger partial charge in [0, 0.05) is 4.88 Å². The Morgan fingerprint density at radius 3 is 2.65 bits per heavy atom. The van der Waals surface area contributed by atoms with Gasteiger partial charge in [-0.25, -0.2) is 4.79 Å². The number of para-hydroxylation sites is 1. The maximum atomic E-state index is 11.9. The fourth-order valence-corrected chi connectivity index (χ4v) is 2.86. The van der Waals surface area contributed by atoms with Gasteiger partial charge in [-0.3, -0.25) is 5.32 Å². The lowest BCUT2D eigenvalue weighted by atomic mass is 10.2. The highest BCUT2D eigenvalue weighted by atomic mass is 35.5. The predicted molar refractivity (Wildman–Crippen MR) is 82.6 cm³/mol. The molecule has 0 saturated heterocycles. The highest BCUT2D eigenvalue weighted by Gasteiger charge is 2.14. The van der Waals surface area contributed by atoms with Gasteiger partial charge in [0.25, 0.3) is 0 Å². The SMILES string of the molecule is Cc1sc(NC(=O)Nc2ccccc2Cl)c(C#N)c1C. The van der Waals surface area contributed by atoms with Crippen LogP contribution >= 0.6 is 22.9 Å². The van der Waals surface area contributed by atoms with E-state index in [2.05, 4.69) is 16.7 Å². The summed E-state index contributed by atoms with van der Waals surface area (Å²) in [5.41, 5.74) is 1.92. The van der Waals surface area contributed by atoms with Crippen LogP contribution in [0.15, 0.2) is 24.3 Å². The lowest BCUT2D eigenvalue weighted by Crippen LogP contribution is -2.19. The minimum absolute atomic E-state index is 0.421. The summed E-state index contributed by atoms with van der Waals surface area (Å²) >= 11 is 7.35. The fraction of sp³-hybridized carbons (Fsp3) is 0.143. The summed E-state index contributed by atoms with van der Waals surface area (Å²) in [6.45, 7) is 3.78. The molecule has 0 aliphatic heterocycles. The summed E-state index contributed by atoms with van der Waals surface area (Å²) in [4.78, 5) is 12.9.